The van der Waals surface area contributed by atoms with Crippen molar-refractivity contribution in [2.24, 2.45) is 5.92 Å². The number of nitrogens with zero attached hydrogens (tertiary/aromatic N) is 2. The molecule has 0 radical (unpaired) electrons. The fraction of sp³-hybridized carbons (Fsp3) is 0.857. The summed E-state index contributed by atoms with van der Waals surface area (Å²) in [5.74, 6) is 2.03. The van der Waals surface area contributed by atoms with Gasteiger partial charge in [-0.25, -0.2) is 0 Å². The van der Waals surface area contributed by atoms with Crippen LogP contribution in [0.4, 0.5) is 0 Å². The first-order chi connectivity index (χ1) is 9.28. The van der Waals surface area contributed by atoms with Crippen LogP contribution in [0.5, 0.6) is 0 Å². The van der Waals surface area contributed by atoms with Crippen LogP contribution in [0.3, 0.4) is 0 Å². The van der Waals surface area contributed by atoms with Crippen LogP contribution in [0.1, 0.15) is 56.8 Å². The van der Waals surface area contributed by atoms with Gasteiger partial charge in [0.1, 0.15) is 6.10 Å². The molecule has 19 heavy (non-hydrogen) atoms. The molecule has 0 aromatic carbocycles. The van der Waals surface area contributed by atoms with E-state index in [0.29, 0.717) is 17.8 Å². The van der Waals surface area contributed by atoms with Crippen LogP contribution in [-0.2, 0) is 11.2 Å². The van der Waals surface area contributed by atoms with Gasteiger partial charge in [0.2, 0.25) is 11.7 Å². The van der Waals surface area contributed by atoms with E-state index in [-0.39, 0.29) is 6.10 Å². The Kier molecular flexibility index (Phi) is 5.34. The molecule has 1 aliphatic rings. The van der Waals surface area contributed by atoms with Crippen molar-refractivity contribution in [1.29, 1.82) is 0 Å². The second-order valence-corrected chi connectivity index (χ2v) is 5.32. The largest absolute Gasteiger partial charge is 0.373 e. The maximum absolute atomic E-state index is 5.38. The van der Waals surface area contributed by atoms with Gasteiger partial charge in [-0.2, -0.15) is 4.98 Å². The highest BCUT2D eigenvalue weighted by molar-refractivity contribution is 4.94. The summed E-state index contributed by atoms with van der Waals surface area (Å²) in [5.41, 5.74) is 0. The van der Waals surface area contributed by atoms with Gasteiger partial charge in [-0.15, -0.1) is 0 Å². The van der Waals surface area contributed by atoms with Crippen molar-refractivity contribution in [1.82, 2.24) is 15.5 Å². The minimum Gasteiger partial charge on any atom is -0.373 e. The third kappa shape index (κ3) is 3.54. The molecule has 0 spiro atoms. The third-order valence-corrected chi connectivity index (χ3v) is 4.14. The predicted octanol–water partition coefficient (Wildman–Crippen LogP) is 2.49. The Morgan fingerprint density at radius 1 is 1.42 bits per heavy atom. The van der Waals surface area contributed by atoms with E-state index in [2.05, 4.69) is 22.4 Å². The van der Waals surface area contributed by atoms with Crippen molar-refractivity contribution < 1.29 is 9.26 Å². The van der Waals surface area contributed by atoms with Crippen LogP contribution in [0.2, 0.25) is 0 Å². The molecule has 3 atom stereocenters. The Morgan fingerprint density at radius 3 is 2.89 bits per heavy atom. The lowest BCUT2D eigenvalue weighted by molar-refractivity contribution is 0.0903. The van der Waals surface area contributed by atoms with Crippen molar-refractivity contribution in [2.45, 2.75) is 57.6 Å². The minimum atomic E-state index is -0.0519. The second-order valence-electron chi connectivity index (χ2n) is 5.32. The molecular formula is C14H25N3O2. The average molecular weight is 267 g/mol. The smallest absolute Gasteiger partial charge is 0.227 e. The van der Waals surface area contributed by atoms with E-state index in [9.17, 15) is 0 Å². The van der Waals surface area contributed by atoms with Gasteiger partial charge in [0, 0.05) is 19.6 Å². The number of aromatic nitrogens is 2. The molecule has 1 heterocycles. The maximum Gasteiger partial charge on any atom is 0.227 e. The number of methoxy groups -OCH3 is 1. The van der Waals surface area contributed by atoms with Crippen LogP contribution in [-0.4, -0.2) is 30.3 Å². The van der Waals surface area contributed by atoms with Crippen molar-refractivity contribution >= 4 is 0 Å². The zero-order valence-electron chi connectivity index (χ0n) is 12.2. The molecule has 1 N–H and O–H groups in total. The molecule has 1 aromatic rings. The van der Waals surface area contributed by atoms with Crippen molar-refractivity contribution in [3.63, 3.8) is 0 Å². The second kappa shape index (κ2) is 7.01. The molecule has 1 fully saturated rings. The topological polar surface area (TPSA) is 60.2 Å². The standard InChI is InChI=1S/C14H25N3O2/c1-4-12(18-3)14-16-13(19-17-14)9-10-7-5-6-8-11(10)15-2/h10-12,15H,4-9H2,1-3H3. The van der Waals surface area contributed by atoms with Crippen molar-refractivity contribution in [3.05, 3.63) is 11.7 Å². The highest BCUT2D eigenvalue weighted by Gasteiger charge is 2.26. The van der Waals surface area contributed by atoms with E-state index in [4.69, 9.17) is 9.26 Å². The summed E-state index contributed by atoms with van der Waals surface area (Å²) in [6, 6.07) is 0.577. The van der Waals surface area contributed by atoms with E-state index < -0.39 is 0 Å². The quantitative estimate of drug-likeness (QED) is 0.858. The molecule has 5 nitrogen and oxygen atoms in total. The van der Waals surface area contributed by atoms with Gasteiger partial charge in [-0.1, -0.05) is 24.9 Å². The summed E-state index contributed by atoms with van der Waals surface area (Å²) in [6.07, 6.45) is 6.79. The first-order valence-electron chi connectivity index (χ1n) is 7.31. The Bertz CT molecular complexity index is 377. The molecule has 1 aliphatic carbocycles. The molecule has 3 unspecified atom stereocenters. The minimum absolute atomic E-state index is 0.0519. The van der Waals surface area contributed by atoms with Gasteiger partial charge in [0.15, 0.2) is 0 Å². The van der Waals surface area contributed by atoms with Crippen molar-refractivity contribution in [2.75, 3.05) is 14.2 Å². The zero-order valence-corrected chi connectivity index (χ0v) is 12.2. The summed E-state index contributed by atoms with van der Waals surface area (Å²) in [7, 11) is 3.72. The highest BCUT2D eigenvalue weighted by atomic mass is 16.5. The molecule has 0 saturated heterocycles. The summed E-state index contributed by atoms with van der Waals surface area (Å²) < 4.78 is 10.7. The summed E-state index contributed by atoms with van der Waals surface area (Å²) >= 11 is 0. The average Bonchev–Trinajstić information content (AvgIpc) is 2.89. The zero-order chi connectivity index (χ0) is 13.7. The van der Waals surface area contributed by atoms with Gasteiger partial charge in [-0.05, 0) is 32.2 Å². The number of rotatable bonds is 6. The monoisotopic (exact) mass is 267 g/mol. The van der Waals surface area contributed by atoms with E-state index >= 15 is 0 Å². The Labute approximate surface area is 115 Å². The summed E-state index contributed by atoms with van der Waals surface area (Å²) in [4.78, 5) is 4.48. The lowest BCUT2D eigenvalue weighted by Crippen LogP contribution is -2.37. The van der Waals surface area contributed by atoms with Crippen LogP contribution >= 0.6 is 0 Å². The van der Waals surface area contributed by atoms with Crippen LogP contribution in [0, 0.1) is 5.92 Å². The van der Waals surface area contributed by atoms with Crippen LogP contribution in [0.25, 0.3) is 0 Å². The maximum atomic E-state index is 5.38. The Morgan fingerprint density at radius 2 is 2.21 bits per heavy atom. The lowest BCUT2D eigenvalue weighted by atomic mass is 9.82. The van der Waals surface area contributed by atoms with Gasteiger partial charge < -0.3 is 14.6 Å². The molecular weight excluding hydrogens is 242 g/mol. The third-order valence-electron chi connectivity index (χ3n) is 4.14. The van der Waals surface area contributed by atoms with E-state index in [0.717, 1.165) is 18.7 Å². The van der Waals surface area contributed by atoms with Gasteiger partial charge >= 0.3 is 0 Å². The predicted molar refractivity (Wildman–Crippen MR) is 72.8 cm³/mol. The van der Waals surface area contributed by atoms with Gasteiger partial charge in [0.25, 0.3) is 0 Å². The number of nitrogens with one attached hydrogen (secondary N) is 1. The molecule has 0 amide bonds. The fourth-order valence-corrected chi connectivity index (χ4v) is 2.99. The number of ether oxygens (including phenoxy) is 1. The summed E-state index contributed by atoms with van der Waals surface area (Å²) in [6.45, 7) is 2.06. The van der Waals surface area contributed by atoms with Gasteiger partial charge in [-0.3, -0.25) is 0 Å². The highest BCUT2D eigenvalue weighted by Crippen LogP contribution is 2.27. The Hall–Kier alpha value is -0.940. The summed E-state index contributed by atoms with van der Waals surface area (Å²) in [5, 5.41) is 7.45. The molecule has 1 aromatic heterocycles. The molecule has 1 saturated carbocycles. The lowest BCUT2D eigenvalue weighted by Gasteiger charge is -2.30. The molecule has 2 rings (SSSR count). The molecule has 108 valence electrons. The first kappa shape index (κ1) is 14.5. The molecule has 0 aliphatic heterocycles. The fourth-order valence-electron chi connectivity index (χ4n) is 2.99. The molecule has 5 heteroatoms. The Balaban J connectivity index is 1.98. The van der Waals surface area contributed by atoms with E-state index in [1.165, 1.54) is 25.7 Å². The molecule has 0 bridgehead atoms. The van der Waals surface area contributed by atoms with Crippen LogP contribution in [0.15, 0.2) is 4.52 Å². The first-order valence-corrected chi connectivity index (χ1v) is 7.31. The normalized spacial score (nSPS) is 25.4. The van der Waals surface area contributed by atoms with Crippen LogP contribution < -0.4 is 5.32 Å². The number of hydrogen-bond donors (Lipinski definition) is 1. The van der Waals surface area contributed by atoms with E-state index in [1.54, 1.807) is 7.11 Å². The number of hydrogen-bond acceptors (Lipinski definition) is 5. The SMILES string of the molecule is CCC(OC)c1noc(CC2CCCCC2NC)n1. The van der Waals surface area contributed by atoms with E-state index in [1.807, 2.05) is 7.05 Å². The van der Waals surface area contributed by atoms with Gasteiger partial charge in [0.05, 0.1) is 0 Å². The van der Waals surface area contributed by atoms with Crippen molar-refractivity contribution in [3.8, 4) is 0 Å².